The van der Waals surface area contributed by atoms with Gasteiger partial charge in [-0.3, -0.25) is 0 Å². The van der Waals surface area contributed by atoms with Gasteiger partial charge in [0.25, 0.3) is 0 Å². The van der Waals surface area contributed by atoms with E-state index >= 15 is 0 Å². The van der Waals surface area contributed by atoms with Crippen LogP contribution < -0.4 is 4.90 Å². The van der Waals surface area contributed by atoms with Crippen molar-refractivity contribution in [3.63, 3.8) is 0 Å². The molecule has 3 aromatic rings. The number of carbonyl (C=O) groups excluding carboxylic acids is 1. The van der Waals surface area contributed by atoms with Gasteiger partial charge in [-0.2, -0.15) is 0 Å². The van der Waals surface area contributed by atoms with Crippen LogP contribution in [0.5, 0.6) is 0 Å². The number of esters is 1. The smallest absolute Gasteiger partial charge is 0.342 e. The molecule has 1 heterocycles. The molecule has 130 valence electrons. The summed E-state index contributed by atoms with van der Waals surface area (Å²) < 4.78 is 33.1. The van der Waals surface area contributed by atoms with Crippen molar-refractivity contribution in [3.05, 3.63) is 59.7 Å². The Kier molecular flexibility index (Phi) is 4.44. The highest BCUT2D eigenvalue weighted by Crippen LogP contribution is 2.37. The molecule has 1 N–H and O–H groups in total. The van der Waals surface area contributed by atoms with E-state index < -0.39 is 17.6 Å². The predicted octanol–water partition coefficient (Wildman–Crippen LogP) is 4.78. The van der Waals surface area contributed by atoms with E-state index in [4.69, 9.17) is 4.74 Å². The number of nitrogens with one attached hydrogen (secondary N) is 1. The second kappa shape index (κ2) is 6.55. The SMILES string of the molecule is COC(=O)c1c(N(c2cccc(F)c2F)C(C)C)[nH]c2ccccc12. The molecule has 0 aliphatic heterocycles. The number of halogens is 2. The number of ether oxygens (including phenoxy) is 1. The number of H-pyrrole nitrogens is 1. The van der Waals surface area contributed by atoms with Gasteiger partial charge in [0.15, 0.2) is 11.6 Å². The maximum atomic E-state index is 14.4. The van der Waals surface area contributed by atoms with Gasteiger partial charge < -0.3 is 14.6 Å². The predicted molar refractivity (Wildman–Crippen MR) is 93.3 cm³/mol. The summed E-state index contributed by atoms with van der Waals surface area (Å²) in [7, 11) is 1.29. The summed E-state index contributed by atoms with van der Waals surface area (Å²) >= 11 is 0. The van der Waals surface area contributed by atoms with Crippen molar-refractivity contribution < 1.29 is 18.3 Å². The van der Waals surface area contributed by atoms with E-state index in [1.807, 2.05) is 26.0 Å². The summed E-state index contributed by atoms with van der Waals surface area (Å²) in [6, 6.07) is 10.9. The molecule has 3 rings (SSSR count). The molecule has 0 saturated carbocycles. The molecule has 1 aromatic heterocycles. The Labute approximate surface area is 144 Å². The van der Waals surface area contributed by atoms with Gasteiger partial charge in [0, 0.05) is 16.9 Å². The van der Waals surface area contributed by atoms with Crippen molar-refractivity contribution in [1.29, 1.82) is 0 Å². The second-order valence-corrected chi connectivity index (χ2v) is 5.92. The van der Waals surface area contributed by atoms with E-state index in [1.54, 1.807) is 17.0 Å². The number of fused-ring (bicyclic) bond motifs is 1. The van der Waals surface area contributed by atoms with Crippen LogP contribution in [-0.2, 0) is 4.74 Å². The van der Waals surface area contributed by atoms with Gasteiger partial charge in [-0.15, -0.1) is 0 Å². The van der Waals surface area contributed by atoms with E-state index in [2.05, 4.69) is 4.98 Å². The molecule has 0 atom stereocenters. The van der Waals surface area contributed by atoms with E-state index in [0.29, 0.717) is 16.7 Å². The molecule has 0 saturated heterocycles. The number of rotatable bonds is 4. The summed E-state index contributed by atoms with van der Waals surface area (Å²) in [5, 5.41) is 0.659. The number of methoxy groups -OCH3 is 1. The van der Waals surface area contributed by atoms with Crippen molar-refractivity contribution in [2.75, 3.05) is 12.0 Å². The number of anilines is 2. The first-order valence-electron chi connectivity index (χ1n) is 7.88. The van der Waals surface area contributed by atoms with Crippen molar-refractivity contribution >= 4 is 28.4 Å². The van der Waals surface area contributed by atoms with Crippen LogP contribution in [0, 0.1) is 11.6 Å². The van der Waals surface area contributed by atoms with Crippen LogP contribution in [0.3, 0.4) is 0 Å². The summed E-state index contributed by atoms with van der Waals surface area (Å²) in [6.07, 6.45) is 0. The van der Waals surface area contributed by atoms with Gasteiger partial charge in [-0.1, -0.05) is 24.3 Å². The molecular formula is C19H18F2N2O2. The average Bonchev–Trinajstić information content (AvgIpc) is 2.96. The molecule has 0 aliphatic carbocycles. The molecule has 0 amide bonds. The molecule has 0 radical (unpaired) electrons. The number of para-hydroxylation sites is 1. The number of hydrogen-bond acceptors (Lipinski definition) is 3. The zero-order chi connectivity index (χ0) is 18.1. The maximum absolute atomic E-state index is 14.4. The van der Waals surface area contributed by atoms with Crippen molar-refractivity contribution in [2.45, 2.75) is 19.9 Å². The van der Waals surface area contributed by atoms with E-state index in [1.165, 1.54) is 19.2 Å². The molecule has 0 spiro atoms. The highest BCUT2D eigenvalue weighted by atomic mass is 19.2. The van der Waals surface area contributed by atoms with Crippen molar-refractivity contribution in [3.8, 4) is 0 Å². The second-order valence-electron chi connectivity index (χ2n) is 5.92. The zero-order valence-electron chi connectivity index (χ0n) is 14.1. The molecule has 6 heteroatoms. The van der Waals surface area contributed by atoms with E-state index in [0.717, 1.165) is 6.07 Å². The molecular weight excluding hydrogens is 326 g/mol. The minimum atomic E-state index is -0.967. The number of benzene rings is 2. The standard InChI is InChI=1S/C19H18F2N2O2/c1-11(2)23(15-10-6-8-13(20)17(15)21)18-16(19(24)25-3)12-7-4-5-9-14(12)22-18/h4-11,22H,1-3H3. The molecule has 0 bridgehead atoms. The van der Waals surface area contributed by atoms with Crippen molar-refractivity contribution in [1.82, 2.24) is 4.98 Å². The summed E-state index contributed by atoms with van der Waals surface area (Å²) in [6.45, 7) is 3.66. The van der Waals surface area contributed by atoms with Crippen LogP contribution in [0.1, 0.15) is 24.2 Å². The molecule has 25 heavy (non-hydrogen) atoms. The number of carbonyl (C=O) groups is 1. The molecule has 0 unspecified atom stereocenters. The third-order valence-electron chi connectivity index (χ3n) is 4.02. The molecule has 2 aromatic carbocycles. The number of aromatic amines is 1. The lowest BCUT2D eigenvalue weighted by Gasteiger charge is -2.29. The minimum absolute atomic E-state index is 0.0479. The fraction of sp³-hybridized carbons (Fsp3) is 0.211. The first kappa shape index (κ1) is 17.0. The monoisotopic (exact) mass is 344 g/mol. The number of aromatic nitrogens is 1. The highest BCUT2D eigenvalue weighted by Gasteiger charge is 2.28. The van der Waals surface area contributed by atoms with Crippen LogP contribution in [0.4, 0.5) is 20.3 Å². The fourth-order valence-corrected chi connectivity index (χ4v) is 2.95. The quantitative estimate of drug-likeness (QED) is 0.693. The maximum Gasteiger partial charge on any atom is 0.342 e. The minimum Gasteiger partial charge on any atom is -0.465 e. The van der Waals surface area contributed by atoms with E-state index in [-0.39, 0.29) is 17.3 Å². The molecule has 0 aliphatic rings. The lowest BCUT2D eigenvalue weighted by atomic mass is 10.1. The van der Waals surface area contributed by atoms with E-state index in [9.17, 15) is 13.6 Å². The summed E-state index contributed by atoms with van der Waals surface area (Å²) in [5.74, 6) is -2.09. The Morgan fingerprint density at radius 3 is 2.52 bits per heavy atom. The van der Waals surface area contributed by atoms with Crippen LogP contribution >= 0.6 is 0 Å². The Bertz CT molecular complexity index is 934. The Hall–Kier alpha value is -2.89. The molecule has 4 nitrogen and oxygen atoms in total. The fourth-order valence-electron chi connectivity index (χ4n) is 2.95. The topological polar surface area (TPSA) is 45.3 Å². The van der Waals surface area contributed by atoms with Gasteiger partial charge in [0.1, 0.15) is 11.4 Å². The highest BCUT2D eigenvalue weighted by molar-refractivity contribution is 6.10. The zero-order valence-corrected chi connectivity index (χ0v) is 14.1. The third-order valence-corrected chi connectivity index (χ3v) is 4.02. The first-order chi connectivity index (χ1) is 12.0. The largest absolute Gasteiger partial charge is 0.465 e. The number of nitrogens with zero attached hydrogens (tertiary/aromatic N) is 1. The Morgan fingerprint density at radius 2 is 1.84 bits per heavy atom. The summed E-state index contributed by atoms with van der Waals surface area (Å²) in [5.41, 5.74) is 1.04. The lowest BCUT2D eigenvalue weighted by molar-refractivity contribution is 0.0604. The van der Waals surface area contributed by atoms with Crippen LogP contribution in [0.2, 0.25) is 0 Å². The first-order valence-corrected chi connectivity index (χ1v) is 7.88. The molecule has 0 fully saturated rings. The van der Waals surface area contributed by atoms with Gasteiger partial charge >= 0.3 is 5.97 Å². The summed E-state index contributed by atoms with van der Waals surface area (Å²) in [4.78, 5) is 17.1. The van der Waals surface area contributed by atoms with Crippen LogP contribution in [0.25, 0.3) is 10.9 Å². The van der Waals surface area contributed by atoms with Gasteiger partial charge in [0.05, 0.1) is 12.8 Å². The average molecular weight is 344 g/mol. The van der Waals surface area contributed by atoms with Gasteiger partial charge in [-0.25, -0.2) is 13.6 Å². The third kappa shape index (κ3) is 2.84. The van der Waals surface area contributed by atoms with Crippen LogP contribution in [0.15, 0.2) is 42.5 Å². The Morgan fingerprint density at radius 1 is 1.12 bits per heavy atom. The lowest BCUT2D eigenvalue weighted by Crippen LogP contribution is -2.28. The van der Waals surface area contributed by atoms with Crippen molar-refractivity contribution in [2.24, 2.45) is 0 Å². The van der Waals surface area contributed by atoms with Gasteiger partial charge in [-0.05, 0) is 32.0 Å². The van der Waals surface area contributed by atoms with Gasteiger partial charge in [0.2, 0.25) is 0 Å². The van der Waals surface area contributed by atoms with Crippen LogP contribution in [-0.4, -0.2) is 24.1 Å². The Balaban J connectivity index is 2.31. The number of hydrogen-bond donors (Lipinski definition) is 1. The normalized spacial score (nSPS) is 11.1.